The highest BCUT2D eigenvalue weighted by molar-refractivity contribution is 7.92. The van der Waals surface area contributed by atoms with Gasteiger partial charge in [-0.25, -0.2) is 8.42 Å². The Hall–Kier alpha value is -1.07. The van der Waals surface area contributed by atoms with E-state index >= 15 is 0 Å². The minimum Gasteiger partial charge on any atom is -0.497 e. The molecule has 0 aliphatic carbocycles. The fourth-order valence-electron chi connectivity index (χ4n) is 1.53. The topological polar surface area (TPSA) is 63.6 Å². The van der Waals surface area contributed by atoms with Gasteiger partial charge in [-0.1, -0.05) is 19.1 Å². The van der Waals surface area contributed by atoms with Crippen LogP contribution in [-0.4, -0.2) is 31.6 Å². The molecule has 0 radical (unpaired) electrons. The lowest BCUT2D eigenvalue weighted by Gasteiger charge is -2.19. The Morgan fingerprint density at radius 2 is 1.82 bits per heavy atom. The lowest BCUT2D eigenvalue weighted by molar-refractivity contribution is 0.176. The van der Waals surface area contributed by atoms with E-state index in [9.17, 15) is 13.5 Å². The summed E-state index contributed by atoms with van der Waals surface area (Å²) >= 11 is 0. The van der Waals surface area contributed by atoms with Crippen molar-refractivity contribution in [2.45, 2.75) is 25.2 Å². The quantitative estimate of drug-likeness (QED) is 0.870. The van der Waals surface area contributed by atoms with E-state index in [4.69, 9.17) is 4.74 Å². The standard InChI is InChI=1S/C12H18O4S/c1-4-17(14,15)9(2)12(13)10-5-7-11(16-3)8-6-10/h5-9,12-13H,4H2,1-3H3/t9-,12+/m0/s1. The highest BCUT2D eigenvalue weighted by atomic mass is 32.2. The summed E-state index contributed by atoms with van der Waals surface area (Å²) in [6.45, 7) is 3.10. The lowest BCUT2D eigenvalue weighted by Crippen LogP contribution is -2.26. The van der Waals surface area contributed by atoms with Crippen molar-refractivity contribution in [3.05, 3.63) is 29.8 Å². The minimum atomic E-state index is -3.24. The SMILES string of the molecule is CCS(=O)(=O)[C@@H](C)[C@@H](O)c1ccc(OC)cc1. The Bertz CT molecular complexity index is 450. The third-order valence-corrected chi connectivity index (χ3v) is 5.07. The molecule has 0 aliphatic heterocycles. The van der Waals surface area contributed by atoms with Crippen LogP contribution in [0.1, 0.15) is 25.5 Å². The molecule has 0 amide bonds. The van der Waals surface area contributed by atoms with Crippen molar-refractivity contribution in [2.75, 3.05) is 12.9 Å². The highest BCUT2D eigenvalue weighted by Crippen LogP contribution is 2.24. The smallest absolute Gasteiger partial charge is 0.155 e. The van der Waals surface area contributed by atoms with Gasteiger partial charge in [-0.3, -0.25) is 0 Å². The van der Waals surface area contributed by atoms with Crippen LogP contribution in [0.25, 0.3) is 0 Å². The Kier molecular flexibility index (Phi) is 4.54. The molecule has 96 valence electrons. The normalized spacial score (nSPS) is 15.3. The monoisotopic (exact) mass is 258 g/mol. The summed E-state index contributed by atoms with van der Waals surface area (Å²) in [5, 5.41) is 9.19. The van der Waals surface area contributed by atoms with Gasteiger partial charge in [0.1, 0.15) is 5.75 Å². The third kappa shape index (κ3) is 3.20. The first-order valence-electron chi connectivity index (χ1n) is 5.46. The summed E-state index contributed by atoms with van der Waals surface area (Å²) in [7, 11) is -1.69. The van der Waals surface area contributed by atoms with Gasteiger partial charge in [-0.15, -0.1) is 0 Å². The van der Waals surface area contributed by atoms with Crippen LogP contribution in [0, 0.1) is 0 Å². The zero-order valence-corrected chi connectivity index (χ0v) is 11.1. The van der Waals surface area contributed by atoms with Crippen LogP contribution in [0.3, 0.4) is 0 Å². The molecular formula is C12H18O4S. The van der Waals surface area contributed by atoms with Crippen LogP contribution in [0.15, 0.2) is 24.3 Å². The number of hydrogen-bond acceptors (Lipinski definition) is 4. The lowest BCUT2D eigenvalue weighted by atomic mass is 10.1. The van der Waals surface area contributed by atoms with Crippen molar-refractivity contribution in [2.24, 2.45) is 0 Å². The van der Waals surface area contributed by atoms with Crippen molar-refractivity contribution in [1.29, 1.82) is 0 Å². The first-order chi connectivity index (χ1) is 7.92. The molecule has 5 heteroatoms. The molecule has 0 spiro atoms. The molecule has 1 aromatic rings. The predicted octanol–water partition coefficient (Wildman–Crippen LogP) is 1.55. The maximum atomic E-state index is 11.7. The zero-order valence-electron chi connectivity index (χ0n) is 10.3. The van der Waals surface area contributed by atoms with Crippen molar-refractivity contribution in [3.63, 3.8) is 0 Å². The second-order valence-electron chi connectivity index (χ2n) is 3.87. The Morgan fingerprint density at radius 1 is 1.29 bits per heavy atom. The van der Waals surface area contributed by atoms with Crippen LogP contribution in [0.2, 0.25) is 0 Å². The highest BCUT2D eigenvalue weighted by Gasteiger charge is 2.27. The van der Waals surface area contributed by atoms with Gasteiger partial charge in [0.2, 0.25) is 0 Å². The van der Waals surface area contributed by atoms with Crippen LogP contribution in [0.4, 0.5) is 0 Å². The maximum absolute atomic E-state index is 11.7. The van der Waals surface area contributed by atoms with Crippen molar-refractivity contribution >= 4 is 9.84 Å². The second kappa shape index (κ2) is 5.51. The largest absolute Gasteiger partial charge is 0.497 e. The van der Waals surface area contributed by atoms with E-state index in [1.54, 1.807) is 38.3 Å². The first-order valence-corrected chi connectivity index (χ1v) is 7.17. The number of ether oxygens (including phenoxy) is 1. The van der Waals surface area contributed by atoms with Gasteiger partial charge in [-0.05, 0) is 24.6 Å². The summed E-state index contributed by atoms with van der Waals surface area (Å²) in [4.78, 5) is 0. The second-order valence-corrected chi connectivity index (χ2v) is 6.52. The van der Waals surface area contributed by atoms with E-state index in [2.05, 4.69) is 0 Å². The Morgan fingerprint density at radius 3 is 2.24 bits per heavy atom. The molecule has 1 N–H and O–H groups in total. The zero-order chi connectivity index (χ0) is 13.1. The van der Waals surface area contributed by atoms with Crippen molar-refractivity contribution in [1.82, 2.24) is 0 Å². The van der Waals surface area contributed by atoms with Crippen LogP contribution < -0.4 is 4.74 Å². The molecule has 0 saturated carbocycles. The predicted molar refractivity (Wildman–Crippen MR) is 66.9 cm³/mol. The summed E-state index contributed by atoms with van der Waals surface area (Å²) in [5.41, 5.74) is 0.579. The maximum Gasteiger partial charge on any atom is 0.155 e. The fourth-order valence-corrected chi connectivity index (χ4v) is 2.61. The average molecular weight is 258 g/mol. The van der Waals surface area contributed by atoms with Gasteiger partial charge in [0.25, 0.3) is 0 Å². The summed E-state index contributed by atoms with van der Waals surface area (Å²) in [5.74, 6) is 0.702. The molecule has 2 atom stereocenters. The molecule has 0 fully saturated rings. The van der Waals surface area contributed by atoms with Gasteiger partial charge in [0.05, 0.1) is 18.5 Å². The van der Waals surface area contributed by atoms with E-state index in [1.165, 1.54) is 6.92 Å². The molecular weight excluding hydrogens is 240 g/mol. The molecule has 0 aromatic heterocycles. The average Bonchev–Trinajstić information content (AvgIpc) is 2.37. The molecule has 0 bridgehead atoms. The molecule has 0 heterocycles. The molecule has 1 rings (SSSR count). The van der Waals surface area contributed by atoms with Gasteiger partial charge in [0, 0.05) is 5.75 Å². The Balaban J connectivity index is 2.92. The van der Waals surface area contributed by atoms with E-state index in [0.717, 1.165) is 0 Å². The number of hydrogen-bond donors (Lipinski definition) is 1. The molecule has 1 aromatic carbocycles. The number of methoxy groups -OCH3 is 1. The number of sulfone groups is 1. The van der Waals surface area contributed by atoms with E-state index in [0.29, 0.717) is 11.3 Å². The number of benzene rings is 1. The number of aliphatic hydroxyl groups is 1. The number of aliphatic hydroxyl groups excluding tert-OH is 1. The van der Waals surface area contributed by atoms with E-state index in [-0.39, 0.29) is 5.75 Å². The summed E-state index contributed by atoms with van der Waals surface area (Å²) < 4.78 is 28.3. The fraction of sp³-hybridized carbons (Fsp3) is 0.500. The summed E-state index contributed by atoms with van der Waals surface area (Å²) in [6, 6.07) is 6.74. The van der Waals surface area contributed by atoms with Gasteiger partial charge >= 0.3 is 0 Å². The molecule has 0 saturated heterocycles. The number of rotatable bonds is 5. The van der Waals surface area contributed by atoms with E-state index in [1.807, 2.05) is 0 Å². The minimum absolute atomic E-state index is 0.0291. The van der Waals surface area contributed by atoms with Crippen LogP contribution in [-0.2, 0) is 9.84 Å². The molecule has 0 unspecified atom stereocenters. The molecule has 4 nitrogen and oxygen atoms in total. The van der Waals surface area contributed by atoms with Crippen molar-refractivity contribution < 1.29 is 18.3 Å². The van der Waals surface area contributed by atoms with Crippen molar-refractivity contribution in [3.8, 4) is 5.75 Å². The molecule has 17 heavy (non-hydrogen) atoms. The van der Waals surface area contributed by atoms with E-state index < -0.39 is 21.2 Å². The van der Waals surface area contributed by atoms with Crippen LogP contribution >= 0.6 is 0 Å². The Labute approximate surface area is 102 Å². The first kappa shape index (κ1) is 14.0. The summed E-state index contributed by atoms with van der Waals surface area (Å²) in [6.07, 6.45) is -1.01. The molecule has 0 aliphatic rings. The van der Waals surface area contributed by atoms with Crippen LogP contribution in [0.5, 0.6) is 5.75 Å². The third-order valence-electron chi connectivity index (χ3n) is 2.87. The van der Waals surface area contributed by atoms with Gasteiger partial charge < -0.3 is 9.84 Å². The van der Waals surface area contributed by atoms with Gasteiger partial charge in [-0.2, -0.15) is 0 Å². The van der Waals surface area contributed by atoms with Gasteiger partial charge in [0.15, 0.2) is 9.84 Å².